The van der Waals surface area contributed by atoms with Crippen LogP contribution < -0.4 is 0 Å². The van der Waals surface area contributed by atoms with E-state index in [2.05, 4.69) is 26.9 Å². The molecule has 1 aromatic heterocycles. The molecule has 2 aliphatic rings. The predicted molar refractivity (Wildman–Crippen MR) is 92.3 cm³/mol. The average Bonchev–Trinajstić information content (AvgIpc) is 3.07. The monoisotopic (exact) mass is 349 g/mol. The molecule has 0 saturated carbocycles. The number of carboxylic acid groups (broad SMARTS) is 1. The van der Waals surface area contributed by atoms with E-state index in [0.717, 1.165) is 39.0 Å². The third-order valence-electron chi connectivity index (χ3n) is 5.44. The number of carboxylic acids is 1. The average molecular weight is 349 g/mol. The standard InChI is InChI=1S/C17H27N5O3/c1-2-20-7-4-14(5-8-20)21-9-10-22(12-13(11-21)17(24)25)16(23)15-3-6-18-19-15/h3,6,13-14H,2,4-5,7-12H2,1H3,(H,18,19)(H,24,25). The van der Waals surface area contributed by atoms with Crippen molar-refractivity contribution >= 4 is 11.9 Å². The van der Waals surface area contributed by atoms with Crippen LogP contribution >= 0.6 is 0 Å². The number of aromatic nitrogens is 2. The van der Waals surface area contributed by atoms with Gasteiger partial charge in [-0.05, 0) is 38.5 Å². The Kier molecular flexibility index (Phi) is 5.70. The highest BCUT2D eigenvalue weighted by Gasteiger charge is 2.34. The fraction of sp³-hybridized carbons (Fsp3) is 0.706. The molecule has 138 valence electrons. The summed E-state index contributed by atoms with van der Waals surface area (Å²) in [5.74, 6) is -1.56. The van der Waals surface area contributed by atoms with Crippen molar-refractivity contribution in [3.05, 3.63) is 18.0 Å². The molecule has 8 heteroatoms. The lowest BCUT2D eigenvalue weighted by Gasteiger charge is -2.38. The number of likely N-dealkylation sites (tertiary alicyclic amines) is 1. The van der Waals surface area contributed by atoms with E-state index in [1.54, 1.807) is 11.0 Å². The highest BCUT2D eigenvalue weighted by Crippen LogP contribution is 2.21. The quantitative estimate of drug-likeness (QED) is 0.815. The summed E-state index contributed by atoms with van der Waals surface area (Å²) >= 11 is 0. The van der Waals surface area contributed by atoms with Gasteiger partial charge in [0.15, 0.2) is 0 Å². The van der Waals surface area contributed by atoms with Crippen molar-refractivity contribution in [3.63, 3.8) is 0 Å². The van der Waals surface area contributed by atoms with Gasteiger partial charge in [-0.2, -0.15) is 5.10 Å². The summed E-state index contributed by atoms with van der Waals surface area (Å²) in [6.07, 6.45) is 3.66. The molecule has 1 amide bonds. The molecule has 1 unspecified atom stereocenters. The Hall–Kier alpha value is -1.93. The molecule has 25 heavy (non-hydrogen) atoms. The normalized spacial score (nSPS) is 24.2. The molecular weight excluding hydrogens is 322 g/mol. The second-order valence-corrected chi connectivity index (χ2v) is 6.92. The topological polar surface area (TPSA) is 92.8 Å². The fourth-order valence-electron chi connectivity index (χ4n) is 3.86. The van der Waals surface area contributed by atoms with E-state index < -0.39 is 11.9 Å². The van der Waals surface area contributed by atoms with Gasteiger partial charge in [0.2, 0.25) is 0 Å². The van der Waals surface area contributed by atoms with Crippen LogP contribution in [0.3, 0.4) is 0 Å². The number of hydrogen-bond acceptors (Lipinski definition) is 5. The number of aromatic amines is 1. The maximum Gasteiger partial charge on any atom is 0.309 e. The predicted octanol–water partition coefficient (Wildman–Crippen LogP) is 0.353. The van der Waals surface area contributed by atoms with Crippen LogP contribution in [0.15, 0.2) is 12.3 Å². The SMILES string of the molecule is CCN1CCC(N2CCN(C(=O)c3ccn[nH]3)CC(C(=O)O)C2)CC1. The zero-order chi connectivity index (χ0) is 17.8. The van der Waals surface area contributed by atoms with Crippen molar-refractivity contribution in [1.82, 2.24) is 24.9 Å². The summed E-state index contributed by atoms with van der Waals surface area (Å²) in [5, 5.41) is 16.1. The molecule has 2 fully saturated rings. The zero-order valence-electron chi connectivity index (χ0n) is 14.7. The van der Waals surface area contributed by atoms with E-state index >= 15 is 0 Å². The first kappa shape index (κ1) is 17.9. The molecule has 0 aliphatic carbocycles. The van der Waals surface area contributed by atoms with Crippen molar-refractivity contribution < 1.29 is 14.7 Å². The number of H-pyrrole nitrogens is 1. The number of carbonyl (C=O) groups excluding carboxylic acids is 1. The van der Waals surface area contributed by atoms with Gasteiger partial charge in [0.05, 0.1) is 5.92 Å². The first-order valence-electron chi connectivity index (χ1n) is 9.06. The van der Waals surface area contributed by atoms with Crippen molar-refractivity contribution in [3.8, 4) is 0 Å². The smallest absolute Gasteiger partial charge is 0.309 e. The van der Waals surface area contributed by atoms with E-state index in [9.17, 15) is 14.7 Å². The van der Waals surface area contributed by atoms with Gasteiger partial charge in [-0.15, -0.1) is 0 Å². The van der Waals surface area contributed by atoms with Crippen molar-refractivity contribution in [1.29, 1.82) is 0 Å². The number of nitrogens with one attached hydrogen (secondary N) is 1. The van der Waals surface area contributed by atoms with Gasteiger partial charge >= 0.3 is 5.97 Å². The molecule has 2 saturated heterocycles. The van der Waals surface area contributed by atoms with Gasteiger partial charge in [-0.3, -0.25) is 19.6 Å². The molecule has 8 nitrogen and oxygen atoms in total. The number of hydrogen-bond donors (Lipinski definition) is 2. The summed E-state index contributed by atoms with van der Waals surface area (Å²) in [6.45, 7) is 7.40. The number of piperidine rings is 1. The molecule has 1 atom stereocenters. The minimum atomic E-state index is -0.833. The van der Waals surface area contributed by atoms with Gasteiger partial charge in [-0.1, -0.05) is 6.92 Å². The number of aliphatic carboxylic acids is 1. The number of nitrogens with zero attached hydrogens (tertiary/aromatic N) is 4. The van der Waals surface area contributed by atoms with E-state index in [0.29, 0.717) is 24.8 Å². The van der Waals surface area contributed by atoms with Crippen LogP contribution in [0.5, 0.6) is 0 Å². The van der Waals surface area contributed by atoms with Crippen LogP contribution in [0.4, 0.5) is 0 Å². The first-order valence-corrected chi connectivity index (χ1v) is 9.06. The molecule has 2 aliphatic heterocycles. The molecule has 3 rings (SSSR count). The van der Waals surface area contributed by atoms with Crippen LogP contribution in [-0.4, -0.2) is 93.7 Å². The number of carbonyl (C=O) groups is 2. The summed E-state index contributed by atoms with van der Waals surface area (Å²) in [6, 6.07) is 2.04. The lowest BCUT2D eigenvalue weighted by Crippen LogP contribution is -2.47. The van der Waals surface area contributed by atoms with Crippen LogP contribution in [-0.2, 0) is 4.79 Å². The first-order chi connectivity index (χ1) is 12.1. The van der Waals surface area contributed by atoms with E-state index in [-0.39, 0.29) is 12.5 Å². The zero-order valence-corrected chi connectivity index (χ0v) is 14.7. The Morgan fingerprint density at radius 2 is 2.00 bits per heavy atom. The minimum Gasteiger partial charge on any atom is -0.481 e. The van der Waals surface area contributed by atoms with Crippen LogP contribution in [0, 0.1) is 5.92 Å². The van der Waals surface area contributed by atoms with Gasteiger partial charge in [0, 0.05) is 38.4 Å². The molecule has 1 aromatic rings. The molecule has 2 N–H and O–H groups in total. The molecular formula is C17H27N5O3. The lowest BCUT2D eigenvalue weighted by atomic mass is 10.0. The van der Waals surface area contributed by atoms with Crippen molar-refractivity contribution in [2.24, 2.45) is 5.92 Å². The third kappa shape index (κ3) is 4.19. The Morgan fingerprint density at radius 3 is 2.60 bits per heavy atom. The van der Waals surface area contributed by atoms with Gasteiger partial charge in [-0.25, -0.2) is 0 Å². The van der Waals surface area contributed by atoms with Crippen LogP contribution in [0.2, 0.25) is 0 Å². The maximum atomic E-state index is 12.6. The molecule has 0 bridgehead atoms. The van der Waals surface area contributed by atoms with E-state index in [4.69, 9.17) is 0 Å². The molecule has 3 heterocycles. The van der Waals surface area contributed by atoms with Crippen molar-refractivity contribution in [2.75, 3.05) is 45.8 Å². The summed E-state index contributed by atoms with van der Waals surface area (Å²) < 4.78 is 0. The second kappa shape index (κ2) is 7.97. The lowest BCUT2D eigenvalue weighted by molar-refractivity contribution is -0.142. The van der Waals surface area contributed by atoms with E-state index in [1.165, 1.54) is 6.20 Å². The second-order valence-electron chi connectivity index (χ2n) is 6.92. The van der Waals surface area contributed by atoms with Gasteiger partial charge < -0.3 is 14.9 Å². The Morgan fingerprint density at radius 1 is 1.24 bits per heavy atom. The molecule has 0 radical (unpaired) electrons. The fourth-order valence-corrected chi connectivity index (χ4v) is 3.86. The molecule has 0 aromatic carbocycles. The minimum absolute atomic E-state index is 0.175. The highest BCUT2D eigenvalue weighted by molar-refractivity contribution is 5.92. The number of rotatable bonds is 4. The van der Waals surface area contributed by atoms with Crippen LogP contribution in [0.1, 0.15) is 30.3 Å². The maximum absolute atomic E-state index is 12.6. The Labute approximate surface area is 147 Å². The van der Waals surface area contributed by atoms with Crippen LogP contribution in [0.25, 0.3) is 0 Å². The molecule has 0 spiro atoms. The van der Waals surface area contributed by atoms with Crippen molar-refractivity contribution in [2.45, 2.75) is 25.8 Å². The Bertz CT molecular complexity index is 583. The summed E-state index contributed by atoms with van der Waals surface area (Å²) in [4.78, 5) is 30.6. The van der Waals surface area contributed by atoms with Gasteiger partial charge in [0.25, 0.3) is 5.91 Å². The highest BCUT2D eigenvalue weighted by atomic mass is 16.4. The van der Waals surface area contributed by atoms with Gasteiger partial charge in [0.1, 0.15) is 5.69 Å². The van der Waals surface area contributed by atoms with E-state index in [1.807, 2.05) is 0 Å². The third-order valence-corrected chi connectivity index (χ3v) is 5.44. The largest absolute Gasteiger partial charge is 0.481 e. The number of amides is 1. The summed E-state index contributed by atoms with van der Waals surface area (Å²) in [7, 11) is 0. The summed E-state index contributed by atoms with van der Waals surface area (Å²) in [5.41, 5.74) is 0.411. The Balaban J connectivity index is 1.68.